The molecule has 0 spiro atoms. The quantitative estimate of drug-likeness (QED) is 0.222. The van der Waals surface area contributed by atoms with Crippen molar-refractivity contribution in [3.8, 4) is 44.9 Å². The van der Waals surface area contributed by atoms with Crippen molar-refractivity contribution in [2.45, 2.75) is 6.92 Å². The zero-order valence-electron chi connectivity index (χ0n) is 21.0. The topological polar surface area (TPSA) is 9.23 Å². The fourth-order valence-electron chi connectivity index (χ4n) is 6.34. The van der Waals surface area contributed by atoms with Gasteiger partial charge in [0.15, 0.2) is 0 Å². The largest absolute Gasteiger partial charge is 0.455 e. The third-order valence-corrected chi connectivity index (χ3v) is 8.00. The molecule has 0 bridgehead atoms. The molecule has 7 aromatic carbocycles. The molecule has 7 aromatic rings. The van der Waals surface area contributed by atoms with E-state index in [1.165, 1.54) is 60.1 Å². The number of hydrogen-bond donors (Lipinski definition) is 0. The summed E-state index contributed by atoms with van der Waals surface area (Å²) in [7, 11) is 0. The number of para-hydroxylation sites is 1. The van der Waals surface area contributed by atoms with Crippen LogP contribution in [0.4, 0.5) is 0 Å². The first-order valence-corrected chi connectivity index (χ1v) is 13.1. The summed E-state index contributed by atoms with van der Waals surface area (Å²) in [6.45, 7) is 2.20. The van der Waals surface area contributed by atoms with Crippen molar-refractivity contribution in [2.75, 3.05) is 0 Å². The van der Waals surface area contributed by atoms with Gasteiger partial charge in [-0.05, 0) is 62.2 Å². The van der Waals surface area contributed by atoms with E-state index in [2.05, 4.69) is 134 Å². The summed E-state index contributed by atoms with van der Waals surface area (Å²) in [5.41, 5.74) is 8.56. The molecule has 1 aliphatic heterocycles. The summed E-state index contributed by atoms with van der Waals surface area (Å²) in [6, 6.07) is 45.8. The SMILES string of the molecule is Cc1ccccc1-c1c2ccccc2c(-c2cccc3c2Oc2cccc4cccc-3c24)c2ccccc12. The maximum Gasteiger partial charge on any atom is 0.143 e. The summed E-state index contributed by atoms with van der Waals surface area (Å²) < 4.78 is 6.77. The number of ether oxygens (including phenoxy) is 1. The van der Waals surface area contributed by atoms with Gasteiger partial charge in [-0.25, -0.2) is 0 Å². The first kappa shape index (κ1) is 21.2. The summed E-state index contributed by atoms with van der Waals surface area (Å²) in [5.74, 6) is 1.85. The lowest BCUT2D eigenvalue weighted by molar-refractivity contribution is 0.489. The van der Waals surface area contributed by atoms with Crippen LogP contribution in [-0.4, -0.2) is 0 Å². The minimum Gasteiger partial charge on any atom is -0.455 e. The van der Waals surface area contributed by atoms with Crippen LogP contribution in [0.1, 0.15) is 5.56 Å². The Bertz CT molecular complexity index is 2000. The van der Waals surface area contributed by atoms with Gasteiger partial charge in [0.25, 0.3) is 0 Å². The molecule has 1 nitrogen and oxygen atoms in total. The van der Waals surface area contributed by atoms with Crippen LogP contribution < -0.4 is 4.74 Å². The van der Waals surface area contributed by atoms with Crippen LogP contribution in [-0.2, 0) is 0 Å². The molecule has 1 aliphatic rings. The van der Waals surface area contributed by atoms with Gasteiger partial charge < -0.3 is 4.74 Å². The zero-order valence-corrected chi connectivity index (χ0v) is 21.0. The Kier molecular flexibility index (Phi) is 4.50. The van der Waals surface area contributed by atoms with Crippen LogP contribution in [0.3, 0.4) is 0 Å². The summed E-state index contributed by atoms with van der Waals surface area (Å²) in [5, 5.41) is 7.37. The molecule has 0 amide bonds. The van der Waals surface area contributed by atoms with E-state index in [1.54, 1.807) is 0 Å². The van der Waals surface area contributed by atoms with Crippen LogP contribution in [0.5, 0.6) is 11.5 Å². The van der Waals surface area contributed by atoms with Crippen molar-refractivity contribution in [2.24, 2.45) is 0 Å². The smallest absolute Gasteiger partial charge is 0.143 e. The Labute approximate surface area is 221 Å². The molecule has 0 atom stereocenters. The van der Waals surface area contributed by atoms with Crippen molar-refractivity contribution in [3.05, 3.63) is 133 Å². The average molecular weight is 485 g/mol. The lowest BCUT2D eigenvalue weighted by Crippen LogP contribution is -2.00. The standard InChI is InChI=1S/C37H24O/c1-23-11-2-3-14-25(23)35-26-15-4-6-17-28(26)36(29-18-7-5-16-27(29)35)32-21-10-20-31-30-19-8-12-24-13-9-22-33(34(24)30)38-37(31)32/h2-22H,1H3. The second kappa shape index (κ2) is 8.06. The highest BCUT2D eigenvalue weighted by molar-refractivity contribution is 6.22. The average Bonchev–Trinajstić information content (AvgIpc) is 2.97. The Balaban J connectivity index is 1.51. The fourth-order valence-corrected chi connectivity index (χ4v) is 6.34. The van der Waals surface area contributed by atoms with E-state index in [0.717, 1.165) is 22.6 Å². The van der Waals surface area contributed by atoms with Crippen LogP contribution in [0, 0.1) is 6.92 Å². The van der Waals surface area contributed by atoms with E-state index in [4.69, 9.17) is 4.74 Å². The Hall–Kier alpha value is -4.88. The lowest BCUT2D eigenvalue weighted by atomic mass is 9.83. The van der Waals surface area contributed by atoms with E-state index in [-0.39, 0.29) is 0 Å². The van der Waals surface area contributed by atoms with Gasteiger partial charge in [0, 0.05) is 22.1 Å². The fraction of sp³-hybridized carbons (Fsp3) is 0.0270. The van der Waals surface area contributed by atoms with Gasteiger partial charge in [-0.3, -0.25) is 0 Å². The molecule has 0 unspecified atom stereocenters. The molecule has 0 aliphatic carbocycles. The molecule has 1 heteroatoms. The van der Waals surface area contributed by atoms with Gasteiger partial charge in [0.1, 0.15) is 11.5 Å². The maximum absolute atomic E-state index is 6.77. The second-order valence-electron chi connectivity index (χ2n) is 10.1. The molecule has 8 rings (SSSR count). The van der Waals surface area contributed by atoms with Crippen molar-refractivity contribution in [3.63, 3.8) is 0 Å². The lowest BCUT2D eigenvalue weighted by Gasteiger charge is -2.25. The minimum absolute atomic E-state index is 0.920. The summed E-state index contributed by atoms with van der Waals surface area (Å²) in [4.78, 5) is 0. The van der Waals surface area contributed by atoms with E-state index in [1.807, 2.05) is 0 Å². The highest BCUT2D eigenvalue weighted by Crippen LogP contribution is 2.53. The summed E-state index contributed by atoms with van der Waals surface area (Å²) in [6.07, 6.45) is 0. The molecule has 178 valence electrons. The predicted molar refractivity (Wildman–Crippen MR) is 160 cm³/mol. The molecule has 1 heterocycles. The molecular formula is C37H24O. The van der Waals surface area contributed by atoms with E-state index >= 15 is 0 Å². The van der Waals surface area contributed by atoms with Gasteiger partial charge in [0.2, 0.25) is 0 Å². The van der Waals surface area contributed by atoms with Gasteiger partial charge >= 0.3 is 0 Å². The number of aryl methyl sites for hydroxylation is 1. The highest BCUT2D eigenvalue weighted by atomic mass is 16.5. The van der Waals surface area contributed by atoms with Crippen LogP contribution in [0.25, 0.3) is 65.7 Å². The van der Waals surface area contributed by atoms with Crippen molar-refractivity contribution in [1.82, 2.24) is 0 Å². The monoisotopic (exact) mass is 484 g/mol. The van der Waals surface area contributed by atoms with Gasteiger partial charge in [0.05, 0.1) is 0 Å². The number of benzene rings is 7. The Morgan fingerprint density at radius 1 is 0.421 bits per heavy atom. The molecule has 0 radical (unpaired) electrons. The number of hydrogen-bond acceptors (Lipinski definition) is 1. The van der Waals surface area contributed by atoms with Crippen LogP contribution in [0.15, 0.2) is 127 Å². The Morgan fingerprint density at radius 2 is 0.921 bits per heavy atom. The zero-order chi connectivity index (χ0) is 25.2. The van der Waals surface area contributed by atoms with E-state index in [9.17, 15) is 0 Å². The molecule has 0 saturated carbocycles. The predicted octanol–water partition coefficient (Wildman–Crippen LogP) is 10.6. The van der Waals surface area contributed by atoms with Crippen molar-refractivity contribution >= 4 is 32.3 Å². The molecule has 0 N–H and O–H groups in total. The first-order chi connectivity index (χ1) is 18.8. The number of fused-ring (bicyclic) bond motifs is 4. The maximum atomic E-state index is 6.77. The van der Waals surface area contributed by atoms with Crippen LogP contribution in [0.2, 0.25) is 0 Å². The third kappa shape index (κ3) is 2.93. The van der Waals surface area contributed by atoms with Crippen LogP contribution >= 0.6 is 0 Å². The van der Waals surface area contributed by atoms with Gasteiger partial charge in [-0.2, -0.15) is 0 Å². The van der Waals surface area contributed by atoms with E-state index < -0.39 is 0 Å². The second-order valence-corrected chi connectivity index (χ2v) is 10.1. The first-order valence-electron chi connectivity index (χ1n) is 13.1. The minimum atomic E-state index is 0.920. The number of rotatable bonds is 2. The van der Waals surface area contributed by atoms with Crippen molar-refractivity contribution < 1.29 is 4.74 Å². The van der Waals surface area contributed by atoms with Gasteiger partial charge in [-0.1, -0.05) is 121 Å². The van der Waals surface area contributed by atoms with E-state index in [0.29, 0.717) is 0 Å². The molecular weight excluding hydrogens is 460 g/mol. The highest BCUT2D eigenvalue weighted by Gasteiger charge is 2.25. The molecule has 0 aromatic heterocycles. The molecule has 38 heavy (non-hydrogen) atoms. The third-order valence-electron chi connectivity index (χ3n) is 8.00. The van der Waals surface area contributed by atoms with Gasteiger partial charge in [-0.15, -0.1) is 0 Å². The normalized spacial score (nSPS) is 12.0. The molecule has 0 saturated heterocycles. The molecule has 0 fully saturated rings. The van der Waals surface area contributed by atoms with Crippen molar-refractivity contribution in [1.29, 1.82) is 0 Å². The summed E-state index contributed by atoms with van der Waals surface area (Å²) >= 11 is 0. The Morgan fingerprint density at radius 3 is 1.61 bits per heavy atom.